The Morgan fingerprint density at radius 2 is 1.88 bits per heavy atom. The monoisotopic (exact) mass is 352 g/mol. The van der Waals surface area contributed by atoms with E-state index in [2.05, 4.69) is 15.3 Å². The molecule has 1 unspecified atom stereocenters. The van der Waals surface area contributed by atoms with Crippen molar-refractivity contribution in [1.29, 1.82) is 0 Å². The van der Waals surface area contributed by atoms with E-state index in [1.165, 1.54) is 19.3 Å². The molecule has 0 amide bonds. The highest BCUT2D eigenvalue weighted by molar-refractivity contribution is 5.62. The largest absolute Gasteiger partial charge is 0.389 e. The van der Waals surface area contributed by atoms with E-state index in [1.807, 2.05) is 30.3 Å². The molecule has 3 rings (SSSR count). The first-order valence-electron chi connectivity index (χ1n) is 8.39. The van der Waals surface area contributed by atoms with E-state index in [0.29, 0.717) is 23.6 Å². The molecule has 0 aliphatic heterocycles. The molecule has 6 heteroatoms. The lowest BCUT2D eigenvalue weighted by Crippen LogP contribution is -2.20. The number of hydrogen-bond acceptors (Lipinski definition) is 5. The third-order valence-corrected chi connectivity index (χ3v) is 4.14. The summed E-state index contributed by atoms with van der Waals surface area (Å²) < 4.78 is 14.1. The maximum Gasteiger partial charge on any atom is 0.130 e. The van der Waals surface area contributed by atoms with E-state index in [-0.39, 0.29) is 11.6 Å². The van der Waals surface area contributed by atoms with E-state index in [1.54, 1.807) is 18.2 Å². The normalized spacial score (nSPS) is 13.2. The van der Waals surface area contributed by atoms with E-state index in [4.69, 9.17) is 5.73 Å². The Hall–Kier alpha value is -2.83. The van der Waals surface area contributed by atoms with E-state index >= 15 is 0 Å². The van der Waals surface area contributed by atoms with Crippen LogP contribution in [0.25, 0.3) is 11.3 Å². The zero-order valence-electron chi connectivity index (χ0n) is 14.4. The third-order valence-electron chi connectivity index (χ3n) is 4.14. The van der Waals surface area contributed by atoms with Crippen LogP contribution in [0.4, 0.5) is 10.2 Å². The van der Waals surface area contributed by atoms with Gasteiger partial charge in [0.2, 0.25) is 0 Å². The van der Waals surface area contributed by atoms with Crippen LogP contribution in [0.15, 0.2) is 60.9 Å². The topological polar surface area (TPSA) is 84.1 Å². The first-order valence-corrected chi connectivity index (χ1v) is 8.39. The third kappa shape index (κ3) is 4.22. The number of rotatable bonds is 6. The maximum absolute atomic E-state index is 14.1. The predicted octanol–water partition coefficient (Wildman–Crippen LogP) is 3.45. The summed E-state index contributed by atoms with van der Waals surface area (Å²) in [6.45, 7) is 2.04. The van der Waals surface area contributed by atoms with Gasteiger partial charge in [0.25, 0.3) is 0 Å². The van der Waals surface area contributed by atoms with Gasteiger partial charge in [-0.2, -0.15) is 0 Å². The van der Waals surface area contributed by atoms with Crippen molar-refractivity contribution < 1.29 is 9.50 Å². The number of aliphatic hydroxyl groups is 1. The van der Waals surface area contributed by atoms with E-state index in [0.717, 1.165) is 5.56 Å². The molecule has 1 aromatic heterocycles. The average molecular weight is 352 g/mol. The number of halogens is 1. The van der Waals surface area contributed by atoms with Gasteiger partial charge in [0.1, 0.15) is 18.0 Å². The summed E-state index contributed by atoms with van der Waals surface area (Å²) in [7, 11) is 0. The number of aliphatic hydroxyl groups excluding tert-OH is 1. The van der Waals surface area contributed by atoms with Crippen molar-refractivity contribution in [3.05, 3.63) is 77.9 Å². The summed E-state index contributed by atoms with van der Waals surface area (Å²) in [5, 5.41) is 12.7. The second kappa shape index (κ2) is 8.03. The van der Waals surface area contributed by atoms with Crippen LogP contribution < -0.4 is 11.1 Å². The molecule has 0 saturated heterocycles. The van der Waals surface area contributed by atoms with Gasteiger partial charge in [0, 0.05) is 29.8 Å². The summed E-state index contributed by atoms with van der Waals surface area (Å²) in [5.41, 5.74) is 8.67. The molecule has 26 heavy (non-hydrogen) atoms. The smallest absolute Gasteiger partial charge is 0.130 e. The minimum atomic E-state index is -0.855. The highest BCUT2D eigenvalue weighted by Crippen LogP contribution is 2.24. The summed E-state index contributed by atoms with van der Waals surface area (Å²) >= 11 is 0. The van der Waals surface area contributed by atoms with Gasteiger partial charge >= 0.3 is 0 Å². The van der Waals surface area contributed by atoms with Crippen molar-refractivity contribution in [2.45, 2.75) is 19.1 Å². The molecule has 0 saturated carbocycles. The van der Waals surface area contributed by atoms with Crippen molar-refractivity contribution in [3.8, 4) is 11.3 Å². The number of nitrogens with one attached hydrogen (secondary N) is 1. The summed E-state index contributed by atoms with van der Waals surface area (Å²) in [6, 6.07) is 16.0. The summed E-state index contributed by atoms with van der Waals surface area (Å²) in [6.07, 6.45) is 0.567. The summed E-state index contributed by atoms with van der Waals surface area (Å²) in [4.78, 5) is 8.39. The Balaban J connectivity index is 1.73. The second-order valence-electron chi connectivity index (χ2n) is 6.10. The molecule has 2 atom stereocenters. The fourth-order valence-electron chi connectivity index (χ4n) is 2.67. The summed E-state index contributed by atoms with van der Waals surface area (Å²) in [5.74, 6) is 0.151. The van der Waals surface area contributed by atoms with Crippen molar-refractivity contribution in [1.82, 2.24) is 9.97 Å². The quantitative estimate of drug-likeness (QED) is 0.633. The Morgan fingerprint density at radius 1 is 1.12 bits per heavy atom. The van der Waals surface area contributed by atoms with Crippen LogP contribution in [0, 0.1) is 5.82 Å². The van der Waals surface area contributed by atoms with Crippen molar-refractivity contribution in [2.75, 3.05) is 11.9 Å². The zero-order chi connectivity index (χ0) is 18.5. The first kappa shape index (κ1) is 18.0. The Labute approximate surface area is 151 Å². The number of benzene rings is 2. The van der Waals surface area contributed by atoms with E-state index < -0.39 is 11.9 Å². The molecule has 1 heterocycles. The fourth-order valence-corrected chi connectivity index (χ4v) is 2.67. The highest BCUT2D eigenvalue weighted by atomic mass is 19.1. The number of anilines is 1. The van der Waals surface area contributed by atoms with Gasteiger partial charge in [0.15, 0.2) is 0 Å². The van der Waals surface area contributed by atoms with Crippen LogP contribution in [-0.2, 0) is 0 Å². The van der Waals surface area contributed by atoms with E-state index in [9.17, 15) is 9.50 Å². The molecule has 0 spiro atoms. The standard InChI is InChI=1S/C20H21FN4O/c1-13(26)16-8-7-15(9-17(16)21)19-10-20(25-12-24-19)23-11-18(22)14-5-3-2-4-6-14/h2-10,12-13,18,26H,11,22H2,1H3,(H,23,24,25)/t13-,18?/m1/s1. The maximum atomic E-state index is 14.1. The van der Waals surface area contributed by atoms with Gasteiger partial charge in [-0.1, -0.05) is 42.5 Å². The van der Waals surface area contributed by atoms with Crippen LogP contribution in [-0.4, -0.2) is 21.6 Å². The molecular weight excluding hydrogens is 331 g/mol. The van der Waals surface area contributed by atoms with Gasteiger partial charge in [0.05, 0.1) is 11.8 Å². The number of nitrogens with two attached hydrogens (primary N) is 1. The lowest BCUT2D eigenvalue weighted by atomic mass is 10.0. The molecule has 4 N–H and O–H groups in total. The predicted molar refractivity (Wildman–Crippen MR) is 99.9 cm³/mol. The van der Waals surface area contributed by atoms with Gasteiger partial charge < -0.3 is 16.2 Å². The van der Waals surface area contributed by atoms with Crippen LogP contribution in [0.3, 0.4) is 0 Å². The zero-order valence-corrected chi connectivity index (χ0v) is 14.4. The van der Waals surface area contributed by atoms with Gasteiger partial charge in [-0.05, 0) is 18.6 Å². The molecule has 0 aliphatic carbocycles. The highest BCUT2D eigenvalue weighted by Gasteiger charge is 2.11. The number of nitrogens with zero attached hydrogens (tertiary/aromatic N) is 2. The molecule has 0 radical (unpaired) electrons. The van der Waals surface area contributed by atoms with Crippen LogP contribution in [0.5, 0.6) is 0 Å². The van der Waals surface area contributed by atoms with Crippen LogP contribution in [0.1, 0.15) is 30.2 Å². The first-order chi connectivity index (χ1) is 12.5. The lowest BCUT2D eigenvalue weighted by Gasteiger charge is -2.14. The molecule has 2 aromatic carbocycles. The minimum absolute atomic E-state index is 0.169. The van der Waals surface area contributed by atoms with Crippen molar-refractivity contribution >= 4 is 5.82 Å². The fraction of sp³-hybridized carbons (Fsp3) is 0.200. The SMILES string of the molecule is C[C@@H](O)c1ccc(-c2cc(NCC(N)c3ccccc3)ncn2)cc1F. The molecule has 134 valence electrons. The number of aromatic nitrogens is 2. The van der Waals surface area contributed by atoms with Crippen molar-refractivity contribution in [2.24, 2.45) is 5.73 Å². The van der Waals surface area contributed by atoms with Gasteiger partial charge in [-0.3, -0.25) is 0 Å². The van der Waals surface area contributed by atoms with Crippen LogP contribution >= 0.6 is 0 Å². The Morgan fingerprint density at radius 3 is 2.58 bits per heavy atom. The average Bonchev–Trinajstić information content (AvgIpc) is 2.66. The molecular formula is C20H21FN4O. The number of hydrogen-bond donors (Lipinski definition) is 3. The lowest BCUT2D eigenvalue weighted by molar-refractivity contribution is 0.194. The van der Waals surface area contributed by atoms with Gasteiger partial charge in [-0.25, -0.2) is 14.4 Å². The molecule has 5 nitrogen and oxygen atoms in total. The Bertz CT molecular complexity index is 871. The van der Waals surface area contributed by atoms with Crippen molar-refractivity contribution in [3.63, 3.8) is 0 Å². The second-order valence-corrected chi connectivity index (χ2v) is 6.10. The molecule has 0 aliphatic rings. The molecule has 0 bridgehead atoms. The van der Waals surface area contributed by atoms with Gasteiger partial charge in [-0.15, -0.1) is 0 Å². The minimum Gasteiger partial charge on any atom is -0.389 e. The molecule has 3 aromatic rings. The van der Waals surface area contributed by atoms with Crippen LogP contribution in [0.2, 0.25) is 0 Å². The molecule has 0 fully saturated rings. The Kier molecular flexibility index (Phi) is 5.55.